The second kappa shape index (κ2) is 5.88. The zero-order chi connectivity index (χ0) is 13.9. The average molecular weight is 286 g/mol. The molecule has 1 saturated carbocycles. The van der Waals surface area contributed by atoms with E-state index in [0.29, 0.717) is 0 Å². The number of nitrogens with two attached hydrogens (primary N) is 1. The molecular formula is C13H19FN2O2S. The van der Waals surface area contributed by atoms with E-state index in [1.807, 2.05) is 0 Å². The van der Waals surface area contributed by atoms with Crippen molar-refractivity contribution in [2.24, 2.45) is 0 Å². The van der Waals surface area contributed by atoms with Crippen LogP contribution in [0.5, 0.6) is 0 Å². The molecule has 1 aliphatic carbocycles. The molecule has 0 radical (unpaired) electrons. The van der Waals surface area contributed by atoms with Gasteiger partial charge in [0.15, 0.2) is 0 Å². The molecule has 0 atom stereocenters. The summed E-state index contributed by atoms with van der Waals surface area (Å²) in [6, 6.07) is 3.78. The number of rotatable bonds is 3. The highest BCUT2D eigenvalue weighted by atomic mass is 32.2. The molecule has 1 fully saturated rings. The standard InChI is InChI=1S/C13H19FN2O2S/c14-11-8-5-9-12(15)13(11)19(17,18)16-10-6-3-1-2-4-7-10/h5,8-10,16H,1-4,6-7,15H2. The van der Waals surface area contributed by atoms with E-state index in [1.54, 1.807) is 0 Å². The number of hydrogen-bond donors (Lipinski definition) is 2. The van der Waals surface area contributed by atoms with Gasteiger partial charge in [0.05, 0.1) is 5.69 Å². The largest absolute Gasteiger partial charge is 0.398 e. The van der Waals surface area contributed by atoms with E-state index >= 15 is 0 Å². The van der Waals surface area contributed by atoms with Crippen LogP contribution in [-0.2, 0) is 10.0 Å². The van der Waals surface area contributed by atoms with Crippen molar-refractivity contribution in [2.45, 2.75) is 49.5 Å². The van der Waals surface area contributed by atoms with Crippen molar-refractivity contribution < 1.29 is 12.8 Å². The molecule has 0 unspecified atom stereocenters. The zero-order valence-corrected chi connectivity index (χ0v) is 11.5. The van der Waals surface area contributed by atoms with Gasteiger partial charge in [-0.15, -0.1) is 0 Å². The van der Waals surface area contributed by atoms with E-state index in [9.17, 15) is 12.8 Å². The topological polar surface area (TPSA) is 72.2 Å². The minimum atomic E-state index is -3.89. The van der Waals surface area contributed by atoms with E-state index in [2.05, 4.69) is 4.72 Å². The Labute approximate surface area is 113 Å². The van der Waals surface area contributed by atoms with Crippen molar-refractivity contribution in [2.75, 3.05) is 5.73 Å². The Bertz CT molecular complexity index is 517. The predicted octanol–water partition coefficient (Wildman–Crippen LogP) is 2.41. The van der Waals surface area contributed by atoms with Gasteiger partial charge in [0.1, 0.15) is 10.7 Å². The Morgan fingerprint density at radius 3 is 2.37 bits per heavy atom. The van der Waals surface area contributed by atoms with E-state index < -0.39 is 20.7 Å². The van der Waals surface area contributed by atoms with Crippen molar-refractivity contribution in [1.29, 1.82) is 0 Å². The molecular weight excluding hydrogens is 267 g/mol. The number of benzene rings is 1. The molecule has 0 saturated heterocycles. The van der Waals surface area contributed by atoms with Gasteiger partial charge in [-0.05, 0) is 25.0 Å². The molecule has 0 spiro atoms. The second-order valence-electron chi connectivity index (χ2n) is 4.97. The minimum absolute atomic E-state index is 0.0545. The van der Waals surface area contributed by atoms with Crippen LogP contribution in [0.2, 0.25) is 0 Å². The summed E-state index contributed by atoms with van der Waals surface area (Å²) >= 11 is 0. The summed E-state index contributed by atoms with van der Waals surface area (Å²) in [5.41, 5.74) is 5.53. The Kier molecular flexibility index (Phi) is 4.42. The molecule has 1 aliphatic rings. The maximum atomic E-state index is 13.7. The Hall–Kier alpha value is -1.14. The van der Waals surface area contributed by atoms with E-state index in [4.69, 9.17) is 5.73 Å². The van der Waals surface area contributed by atoms with Crippen LogP contribution in [-0.4, -0.2) is 14.5 Å². The first-order valence-corrected chi connectivity index (χ1v) is 8.05. The number of hydrogen-bond acceptors (Lipinski definition) is 3. The molecule has 0 bridgehead atoms. The predicted molar refractivity (Wildman–Crippen MR) is 72.6 cm³/mol. The number of halogens is 1. The van der Waals surface area contributed by atoms with E-state index in [1.165, 1.54) is 12.1 Å². The van der Waals surface area contributed by atoms with Gasteiger partial charge in [0, 0.05) is 6.04 Å². The highest BCUT2D eigenvalue weighted by Crippen LogP contribution is 2.24. The van der Waals surface area contributed by atoms with Crippen molar-refractivity contribution in [3.8, 4) is 0 Å². The summed E-state index contributed by atoms with van der Waals surface area (Å²) in [6.07, 6.45) is 5.85. The van der Waals surface area contributed by atoms with Crippen LogP contribution in [0.3, 0.4) is 0 Å². The van der Waals surface area contributed by atoms with Gasteiger partial charge in [-0.3, -0.25) is 0 Å². The maximum absolute atomic E-state index is 13.7. The van der Waals surface area contributed by atoms with Crippen molar-refractivity contribution in [3.05, 3.63) is 24.0 Å². The fraction of sp³-hybridized carbons (Fsp3) is 0.538. The fourth-order valence-corrected chi connectivity index (χ4v) is 3.98. The lowest BCUT2D eigenvalue weighted by Crippen LogP contribution is -2.35. The molecule has 106 valence electrons. The number of nitrogens with one attached hydrogen (secondary N) is 1. The molecule has 0 aliphatic heterocycles. The molecule has 4 nitrogen and oxygen atoms in total. The molecule has 0 aromatic heterocycles. The van der Waals surface area contributed by atoms with E-state index in [0.717, 1.165) is 44.6 Å². The highest BCUT2D eigenvalue weighted by Gasteiger charge is 2.25. The molecule has 2 rings (SSSR count). The van der Waals surface area contributed by atoms with Gasteiger partial charge in [-0.25, -0.2) is 17.5 Å². The Balaban J connectivity index is 2.22. The zero-order valence-electron chi connectivity index (χ0n) is 10.7. The van der Waals surface area contributed by atoms with Gasteiger partial charge >= 0.3 is 0 Å². The van der Waals surface area contributed by atoms with Crippen LogP contribution in [0.15, 0.2) is 23.1 Å². The monoisotopic (exact) mass is 286 g/mol. The van der Waals surface area contributed by atoms with Crippen molar-refractivity contribution >= 4 is 15.7 Å². The van der Waals surface area contributed by atoms with Crippen molar-refractivity contribution in [1.82, 2.24) is 4.72 Å². The Morgan fingerprint density at radius 1 is 1.16 bits per heavy atom. The SMILES string of the molecule is Nc1cccc(F)c1S(=O)(=O)NC1CCCCCC1. The van der Waals surface area contributed by atoms with E-state index in [-0.39, 0.29) is 11.7 Å². The molecule has 6 heteroatoms. The first kappa shape index (κ1) is 14.3. The smallest absolute Gasteiger partial charge is 0.245 e. The summed E-state index contributed by atoms with van der Waals surface area (Å²) < 4.78 is 40.7. The third-order valence-electron chi connectivity index (χ3n) is 3.44. The van der Waals surface area contributed by atoms with Gasteiger partial charge in [-0.1, -0.05) is 31.7 Å². The lowest BCUT2D eigenvalue weighted by atomic mass is 10.1. The summed E-state index contributed by atoms with van der Waals surface area (Å²) in [6.45, 7) is 0. The third-order valence-corrected chi connectivity index (χ3v) is 5.05. The van der Waals surface area contributed by atoms with Crippen LogP contribution in [0.1, 0.15) is 38.5 Å². The summed E-state index contributed by atoms with van der Waals surface area (Å²) in [4.78, 5) is -0.431. The van der Waals surface area contributed by atoms with Crippen LogP contribution in [0.4, 0.5) is 10.1 Å². The van der Waals surface area contributed by atoms with Crippen LogP contribution in [0, 0.1) is 5.82 Å². The second-order valence-corrected chi connectivity index (χ2v) is 6.62. The maximum Gasteiger partial charge on any atom is 0.245 e. The summed E-state index contributed by atoms with van der Waals surface area (Å²) in [5.74, 6) is -0.805. The fourth-order valence-electron chi connectivity index (χ4n) is 2.48. The van der Waals surface area contributed by atoms with Gasteiger partial charge in [0.2, 0.25) is 10.0 Å². The normalized spacial score (nSPS) is 18.2. The third kappa shape index (κ3) is 3.45. The molecule has 3 N–H and O–H groups in total. The van der Waals surface area contributed by atoms with Gasteiger partial charge in [0.25, 0.3) is 0 Å². The molecule has 0 heterocycles. The highest BCUT2D eigenvalue weighted by molar-refractivity contribution is 7.89. The first-order chi connectivity index (χ1) is 9.00. The van der Waals surface area contributed by atoms with Gasteiger partial charge in [-0.2, -0.15) is 0 Å². The molecule has 1 aromatic rings. The van der Waals surface area contributed by atoms with Crippen LogP contribution in [0.25, 0.3) is 0 Å². The number of sulfonamides is 1. The molecule has 0 amide bonds. The lowest BCUT2D eigenvalue weighted by Gasteiger charge is -2.17. The van der Waals surface area contributed by atoms with Crippen molar-refractivity contribution in [3.63, 3.8) is 0 Å². The lowest BCUT2D eigenvalue weighted by molar-refractivity contribution is 0.504. The van der Waals surface area contributed by atoms with Crippen LogP contribution >= 0.6 is 0 Å². The van der Waals surface area contributed by atoms with Crippen LogP contribution < -0.4 is 10.5 Å². The summed E-state index contributed by atoms with van der Waals surface area (Å²) in [5, 5.41) is 0. The van der Waals surface area contributed by atoms with Gasteiger partial charge < -0.3 is 5.73 Å². The number of nitrogen functional groups attached to an aromatic ring is 1. The minimum Gasteiger partial charge on any atom is -0.398 e. The molecule has 19 heavy (non-hydrogen) atoms. The first-order valence-electron chi connectivity index (χ1n) is 6.57. The Morgan fingerprint density at radius 2 is 1.79 bits per heavy atom. The molecule has 1 aromatic carbocycles. The number of anilines is 1. The quantitative estimate of drug-likeness (QED) is 0.662. The average Bonchev–Trinajstić information content (AvgIpc) is 2.56. The summed E-state index contributed by atoms with van der Waals surface area (Å²) in [7, 11) is -3.89.